The van der Waals surface area contributed by atoms with Crippen molar-refractivity contribution in [3.63, 3.8) is 0 Å². The molecule has 1 aromatic carbocycles. The molecule has 0 saturated carbocycles. The summed E-state index contributed by atoms with van der Waals surface area (Å²) in [4.78, 5) is 7.36. The molecule has 0 saturated heterocycles. The highest BCUT2D eigenvalue weighted by Crippen LogP contribution is 2.38. The zero-order valence-corrected chi connectivity index (χ0v) is 11.2. The third-order valence-electron chi connectivity index (χ3n) is 2.38. The summed E-state index contributed by atoms with van der Waals surface area (Å²) in [5, 5.41) is 2.39. The van der Waals surface area contributed by atoms with Gasteiger partial charge in [-0.15, -0.1) is 0 Å². The lowest BCUT2D eigenvalue weighted by molar-refractivity contribution is -0.136. The average Bonchev–Trinajstić information content (AvgIpc) is 2.36. The highest BCUT2D eigenvalue weighted by atomic mass is 35.5. The summed E-state index contributed by atoms with van der Waals surface area (Å²) in [6, 6.07) is 3.31. The Hall–Kier alpha value is -1.73. The molecule has 2 aromatic rings. The first-order valence-electron chi connectivity index (χ1n) is 5.19. The lowest BCUT2D eigenvalue weighted by atomic mass is 10.1. The molecule has 4 nitrogen and oxygen atoms in total. The van der Waals surface area contributed by atoms with Gasteiger partial charge in [-0.2, -0.15) is 13.2 Å². The summed E-state index contributed by atoms with van der Waals surface area (Å²) in [5.41, 5.74) is 4.38. The van der Waals surface area contributed by atoms with Crippen LogP contribution in [0.1, 0.15) is 5.56 Å². The molecule has 1 heterocycles. The summed E-state index contributed by atoms with van der Waals surface area (Å²) < 4.78 is 38.8. The van der Waals surface area contributed by atoms with Crippen LogP contribution in [-0.4, -0.2) is 9.97 Å². The van der Waals surface area contributed by atoms with Crippen LogP contribution in [0.15, 0.2) is 24.5 Å². The van der Waals surface area contributed by atoms with E-state index in [1.54, 1.807) is 0 Å². The van der Waals surface area contributed by atoms with Crippen molar-refractivity contribution in [2.75, 3.05) is 11.1 Å². The first-order valence-corrected chi connectivity index (χ1v) is 5.94. The minimum Gasteiger partial charge on any atom is -0.393 e. The maximum absolute atomic E-state index is 12.9. The van der Waals surface area contributed by atoms with Gasteiger partial charge in [-0.1, -0.05) is 23.2 Å². The van der Waals surface area contributed by atoms with E-state index < -0.39 is 11.7 Å². The second-order valence-corrected chi connectivity index (χ2v) is 4.53. The lowest BCUT2D eigenvalue weighted by Crippen LogP contribution is -2.10. The van der Waals surface area contributed by atoms with Gasteiger partial charge in [-0.3, -0.25) is 0 Å². The van der Waals surface area contributed by atoms with E-state index in [4.69, 9.17) is 28.9 Å². The van der Waals surface area contributed by atoms with Crippen molar-refractivity contribution in [2.45, 2.75) is 6.18 Å². The van der Waals surface area contributed by atoms with Crippen LogP contribution in [0.4, 0.5) is 30.4 Å². The number of anilines is 3. The number of aromatic nitrogens is 2. The second kappa shape index (κ2) is 5.34. The molecule has 0 radical (unpaired) electrons. The number of nitrogens with two attached hydrogens (primary N) is 1. The Bertz CT molecular complexity index is 646. The molecule has 20 heavy (non-hydrogen) atoms. The molecule has 0 aliphatic rings. The smallest absolute Gasteiger partial charge is 0.393 e. The van der Waals surface area contributed by atoms with E-state index in [9.17, 15) is 13.2 Å². The van der Waals surface area contributed by atoms with Crippen LogP contribution in [0.3, 0.4) is 0 Å². The Labute approximate surface area is 121 Å². The van der Waals surface area contributed by atoms with Crippen LogP contribution < -0.4 is 11.1 Å². The number of halogens is 5. The quantitative estimate of drug-likeness (QED) is 0.816. The first kappa shape index (κ1) is 14.7. The normalized spacial score (nSPS) is 11.4. The molecular formula is C11H7Cl2F3N4. The largest absolute Gasteiger partial charge is 0.418 e. The van der Waals surface area contributed by atoms with Crippen molar-refractivity contribution in [1.29, 1.82) is 0 Å². The zero-order valence-electron chi connectivity index (χ0n) is 9.67. The van der Waals surface area contributed by atoms with Crippen LogP contribution in [-0.2, 0) is 6.18 Å². The van der Waals surface area contributed by atoms with Gasteiger partial charge in [0, 0.05) is 5.02 Å². The predicted octanol–water partition coefficient (Wildman–Crippen LogP) is 4.13. The molecule has 9 heteroatoms. The van der Waals surface area contributed by atoms with Crippen molar-refractivity contribution in [3.05, 3.63) is 40.3 Å². The fourth-order valence-corrected chi connectivity index (χ4v) is 1.77. The minimum atomic E-state index is -4.57. The number of rotatable bonds is 2. The Morgan fingerprint density at radius 3 is 2.50 bits per heavy atom. The summed E-state index contributed by atoms with van der Waals surface area (Å²) in [5.74, 6) is -0.0159. The molecule has 3 N–H and O–H groups in total. The van der Waals surface area contributed by atoms with Gasteiger partial charge in [-0.05, 0) is 18.2 Å². The molecular weight excluding hydrogens is 316 g/mol. The van der Waals surface area contributed by atoms with Gasteiger partial charge in [-0.25, -0.2) is 9.97 Å². The minimum absolute atomic E-state index is 0.0159. The van der Waals surface area contributed by atoms with E-state index in [1.165, 1.54) is 12.1 Å². The third-order valence-corrected chi connectivity index (χ3v) is 2.91. The number of hydrogen-bond acceptors (Lipinski definition) is 4. The maximum atomic E-state index is 12.9. The molecule has 0 atom stereocenters. The van der Waals surface area contributed by atoms with Crippen LogP contribution in [0, 0.1) is 0 Å². The highest BCUT2D eigenvalue weighted by Gasteiger charge is 2.34. The maximum Gasteiger partial charge on any atom is 0.418 e. The van der Waals surface area contributed by atoms with Crippen LogP contribution in [0.25, 0.3) is 0 Å². The number of nitrogen functional groups attached to an aromatic ring is 1. The van der Waals surface area contributed by atoms with Gasteiger partial charge in [0.1, 0.15) is 12.0 Å². The predicted molar refractivity (Wildman–Crippen MR) is 71.2 cm³/mol. The summed E-state index contributed by atoms with van der Waals surface area (Å²) in [6.07, 6.45) is -3.48. The number of nitrogens with zero attached hydrogens (tertiary/aromatic N) is 2. The van der Waals surface area contributed by atoms with Gasteiger partial charge in [0.2, 0.25) is 0 Å². The van der Waals surface area contributed by atoms with Crippen LogP contribution in [0.2, 0.25) is 10.2 Å². The molecule has 0 spiro atoms. The molecule has 106 valence electrons. The molecule has 0 aliphatic heterocycles. The molecule has 0 aliphatic carbocycles. The molecule has 1 aromatic heterocycles. The Kier molecular flexibility index (Phi) is 3.92. The van der Waals surface area contributed by atoms with Gasteiger partial charge in [0.05, 0.1) is 11.3 Å². The number of alkyl halides is 3. The fourth-order valence-electron chi connectivity index (χ4n) is 1.46. The van der Waals surface area contributed by atoms with E-state index >= 15 is 0 Å². The Balaban J connectivity index is 2.46. The lowest BCUT2D eigenvalue weighted by Gasteiger charge is -2.15. The first-order chi connectivity index (χ1) is 9.29. The van der Waals surface area contributed by atoms with Gasteiger partial charge >= 0.3 is 6.18 Å². The average molecular weight is 323 g/mol. The van der Waals surface area contributed by atoms with Crippen molar-refractivity contribution in [2.24, 2.45) is 0 Å². The van der Waals surface area contributed by atoms with Crippen molar-refractivity contribution < 1.29 is 13.2 Å². The summed E-state index contributed by atoms with van der Waals surface area (Å²) in [7, 11) is 0. The fraction of sp³-hybridized carbons (Fsp3) is 0.0909. The number of hydrogen-bond donors (Lipinski definition) is 2. The molecule has 0 unspecified atom stereocenters. The SMILES string of the molecule is Nc1c(Cl)ncnc1Nc1ccc(Cl)cc1C(F)(F)F. The van der Waals surface area contributed by atoms with Crippen LogP contribution >= 0.6 is 23.2 Å². The van der Waals surface area contributed by atoms with Gasteiger partial charge in [0.15, 0.2) is 11.0 Å². The van der Waals surface area contributed by atoms with Gasteiger partial charge < -0.3 is 11.1 Å². The van der Waals surface area contributed by atoms with E-state index in [0.29, 0.717) is 0 Å². The van der Waals surface area contributed by atoms with E-state index in [1.807, 2.05) is 0 Å². The molecule has 0 bridgehead atoms. The van der Waals surface area contributed by atoms with Crippen molar-refractivity contribution >= 4 is 40.4 Å². The topological polar surface area (TPSA) is 63.8 Å². The number of benzene rings is 1. The zero-order chi connectivity index (χ0) is 14.9. The van der Waals surface area contributed by atoms with Crippen molar-refractivity contribution in [3.8, 4) is 0 Å². The van der Waals surface area contributed by atoms with E-state index in [0.717, 1.165) is 12.4 Å². The Morgan fingerprint density at radius 1 is 1.15 bits per heavy atom. The van der Waals surface area contributed by atoms with Crippen LogP contribution in [0.5, 0.6) is 0 Å². The van der Waals surface area contributed by atoms with Crippen molar-refractivity contribution in [1.82, 2.24) is 9.97 Å². The molecule has 2 rings (SSSR count). The second-order valence-electron chi connectivity index (χ2n) is 3.74. The monoisotopic (exact) mass is 322 g/mol. The highest BCUT2D eigenvalue weighted by molar-refractivity contribution is 6.32. The third kappa shape index (κ3) is 3.05. The Morgan fingerprint density at radius 2 is 1.85 bits per heavy atom. The molecule has 0 amide bonds. The van der Waals surface area contributed by atoms with Gasteiger partial charge in [0.25, 0.3) is 0 Å². The van der Waals surface area contributed by atoms with E-state index in [2.05, 4.69) is 15.3 Å². The standard InChI is InChI=1S/C11H7Cl2F3N4/c12-5-1-2-7(6(3-5)11(14,15)16)20-10-8(17)9(13)18-4-19-10/h1-4H,17H2,(H,18,19,20). The summed E-state index contributed by atoms with van der Waals surface area (Å²) in [6.45, 7) is 0. The van der Waals surface area contributed by atoms with E-state index in [-0.39, 0.29) is 27.4 Å². The summed E-state index contributed by atoms with van der Waals surface area (Å²) >= 11 is 11.3. The number of nitrogens with one attached hydrogen (secondary N) is 1. The molecule has 0 fully saturated rings.